The smallest absolute Gasteiger partial charge is 0.260 e. The van der Waals surface area contributed by atoms with Gasteiger partial charge < -0.3 is 9.64 Å². The van der Waals surface area contributed by atoms with E-state index in [0.717, 1.165) is 6.54 Å². The summed E-state index contributed by atoms with van der Waals surface area (Å²) in [5.74, 6) is 5.35. The van der Waals surface area contributed by atoms with Crippen molar-refractivity contribution in [2.45, 2.75) is 26.3 Å². The van der Waals surface area contributed by atoms with Crippen LogP contribution >= 0.6 is 0 Å². The molecule has 0 aliphatic carbocycles. The number of carbonyl (C=O) groups excluding carboxylic acids is 2. The lowest BCUT2D eigenvalue weighted by atomic mass is 9.96. The number of aryl methyl sites for hydroxylation is 1. The second-order valence-corrected chi connectivity index (χ2v) is 4.98. The van der Waals surface area contributed by atoms with Crippen molar-refractivity contribution in [3.8, 4) is 5.75 Å². The Labute approximate surface area is 123 Å². The maximum atomic E-state index is 12.0. The number of nitrogens with two attached hydrogens (primary N) is 1. The molecule has 1 aromatic heterocycles. The largest absolute Gasteiger partial charge is 0.480 e. The van der Waals surface area contributed by atoms with Gasteiger partial charge in [-0.25, -0.2) is 5.84 Å². The molecule has 0 spiro atoms. The highest BCUT2D eigenvalue weighted by atomic mass is 16.5. The van der Waals surface area contributed by atoms with Gasteiger partial charge in [-0.05, 0) is 19.8 Å². The predicted molar refractivity (Wildman–Crippen MR) is 75.0 cm³/mol. The summed E-state index contributed by atoms with van der Waals surface area (Å²) in [4.78, 5) is 25.2. The van der Waals surface area contributed by atoms with Crippen LogP contribution in [0.2, 0.25) is 0 Å². The first-order valence-electron chi connectivity index (χ1n) is 7.07. The first-order chi connectivity index (χ1) is 10.1. The standard InChI is InChI=1S/C13H21N5O3/c1-2-18-8-11(7-15-18)21-9-12(19)17-5-3-10(4-6-17)13(20)16-14/h7-8,10H,2-6,9,14H2,1H3,(H,16,20). The van der Waals surface area contributed by atoms with Crippen LogP contribution in [0.1, 0.15) is 19.8 Å². The molecule has 1 saturated heterocycles. The van der Waals surface area contributed by atoms with E-state index in [9.17, 15) is 9.59 Å². The van der Waals surface area contributed by atoms with Crippen LogP contribution in [0.25, 0.3) is 0 Å². The summed E-state index contributed by atoms with van der Waals surface area (Å²) >= 11 is 0. The molecule has 2 rings (SSSR count). The lowest BCUT2D eigenvalue weighted by Gasteiger charge is -2.30. The highest BCUT2D eigenvalue weighted by Gasteiger charge is 2.26. The first-order valence-corrected chi connectivity index (χ1v) is 7.07. The van der Waals surface area contributed by atoms with Gasteiger partial charge in [0, 0.05) is 25.6 Å². The van der Waals surface area contributed by atoms with E-state index >= 15 is 0 Å². The van der Waals surface area contributed by atoms with Crippen molar-refractivity contribution in [2.75, 3.05) is 19.7 Å². The van der Waals surface area contributed by atoms with Crippen LogP contribution in [-0.4, -0.2) is 46.2 Å². The Morgan fingerprint density at radius 2 is 2.19 bits per heavy atom. The zero-order valence-electron chi connectivity index (χ0n) is 12.1. The van der Waals surface area contributed by atoms with Crippen LogP contribution in [0.5, 0.6) is 5.75 Å². The van der Waals surface area contributed by atoms with Gasteiger partial charge in [0.05, 0.1) is 12.4 Å². The second-order valence-electron chi connectivity index (χ2n) is 4.98. The molecule has 0 atom stereocenters. The predicted octanol–water partition coefficient (Wildman–Crippen LogP) is -0.490. The summed E-state index contributed by atoms with van der Waals surface area (Å²) in [7, 11) is 0. The van der Waals surface area contributed by atoms with E-state index in [0.29, 0.717) is 31.7 Å². The Morgan fingerprint density at radius 1 is 1.48 bits per heavy atom. The molecule has 2 amide bonds. The Morgan fingerprint density at radius 3 is 2.76 bits per heavy atom. The van der Waals surface area contributed by atoms with Gasteiger partial charge >= 0.3 is 0 Å². The van der Waals surface area contributed by atoms with E-state index in [2.05, 4.69) is 10.5 Å². The number of piperidine rings is 1. The average Bonchev–Trinajstić information content (AvgIpc) is 3.00. The highest BCUT2D eigenvalue weighted by Crippen LogP contribution is 2.17. The molecular formula is C13H21N5O3. The molecule has 1 fully saturated rings. The van der Waals surface area contributed by atoms with Gasteiger partial charge in [-0.15, -0.1) is 0 Å². The minimum atomic E-state index is -0.162. The Hall–Kier alpha value is -2.09. The molecule has 3 N–H and O–H groups in total. The molecule has 0 aromatic carbocycles. The molecule has 8 heteroatoms. The van der Waals surface area contributed by atoms with Crippen molar-refractivity contribution in [3.05, 3.63) is 12.4 Å². The normalized spacial score (nSPS) is 15.8. The summed E-state index contributed by atoms with van der Waals surface area (Å²) in [6.07, 6.45) is 4.60. The van der Waals surface area contributed by atoms with Crippen LogP contribution in [0.4, 0.5) is 0 Å². The molecule has 1 aromatic rings. The molecule has 0 radical (unpaired) electrons. The fourth-order valence-electron chi connectivity index (χ4n) is 2.34. The number of hydrogen-bond donors (Lipinski definition) is 2. The zero-order valence-corrected chi connectivity index (χ0v) is 12.1. The van der Waals surface area contributed by atoms with Crippen LogP contribution in [0.3, 0.4) is 0 Å². The number of ether oxygens (including phenoxy) is 1. The molecule has 1 aliphatic rings. The maximum absolute atomic E-state index is 12.0. The van der Waals surface area contributed by atoms with E-state index in [4.69, 9.17) is 10.6 Å². The summed E-state index contributed by atoms with van der Waals surface area (Å²) in [6.45, 7) is 3.82. The quantitative estimate of drug-likeness (QED) is 0.433. The summed E-state index contributed by atoms with van der Waals surface area (Å²) < 4.78 is 7.16. The molecule has 1 aliphatic heterocycles. The van der Waals surface area contributed by atoms with Crippen molar-refractivity contribution in [1.29, 1.82) is 0 Å². The van der Waals surface area contributed by atoms with Crippen molar-refractivity contribution in [1.82, 2.24) is 20.1 Å². The van der Waals surface area contributed by atoms with Gasteiger partial charge in [0.1, 0.15) is 0 Å². The third kappa shape index (κ3) is 3.94. The van der Waals surface area contributed by atoms with Crippen LogP contribution in [0.15, 0.2) is 12.4 Å². The number of likely N-dealkylation sites (tertiary alicyclic amines) is 1. The molecule has 0 unspecified atom stereocenters. The highest BCUT2D eigenvalue weighted by molar-refractivity contribution is 5.80. The van der Waals surface area contributed by atoms with Gasteiger partial charge in [-0.3, -0.25) is 19.7 Å². The maximum Gasteiger partial charge on any atom is 0.260 e. The zero-order chi connectivity index (χ0) is 15.2. The minimum absolute atomic E-state index is 0.0108. The topological polar surface area (TPSA) is 102 Å². The Balaban J connectivity index is 1.76. The van der Waals surface area contributed by atoms with Crippen LogP contribution < -0.4 is 16.0 Å². The Bertz CT molecular complexity index is 494. The molecule has 116 valence electrons. The lowest BCUT2D eigenvalue weighted by molar-refractivity contribution is -0.137. The second kappa shape index (κ2) is 7.07. The van der Waals surface area contributed by atoms with Gasteiger partial charge in [0.25, 0.3) is 5.91 Å². The number of nitrogens with one attached hydrogen (secondary N) is 1. The first kappa shape index (κ1) is 15.3. The molecule has 21 heavy (non-hydrogen) atoms. The fraction of sp³-hybridized carbons (Fsp3) is 0.615. The third-order valence-corrected chi connectivity index (χ3v) is 3.66. The number of nitrogens with zero attached hydrogens (tertiary/aromatic N) is 3. The molecular weight excluding hydrogens is 274 g/mol. The van der Waals surface area contributed by atoms with Crippen molar-refractivity contribution in [3.63, 3.8) is 0 Å². The van der Waals surface area contributed by atoms with E-state index in [1.807, 2.05) is 6.92 Å². The van der Waals surface area contributed by atoms with Gasteiger partial charge in [0.15, 0.2) is 12.4 Å². The third-order valence-electron chi connectivity index (χ3n) is 3.66. The average molecular weight is 295 g/mol. The summed E-state index contributed by atoms with van der Waals surface area (Å²) in [6, 6.07) is 0. The number of carbonyl (C=O) groups is 2. The fourth-order valence-corrected chi connectivity index (χ4v) is 2.34. The Kier molecular flexibility index (Phi) is 5.15. The van der Waals surface area contributed by atoms with Gasteiger partial charge in [0.2, 0.25) is 5.91 Å². The van der Waals surface area contributed by atoms with Gasteiger partial charge in [-0.1, -0.05) is 0 Å². The molecule has 0 saturated carbocycles. The number of aromatic nitrogens is 2. The van der Waals surface area contributed by atoms with E-state index in [-0.39, 0.29) is 24.3 Å². The number of hydrazine groups is 1. The summed E-state index contributed by atoms with van der Waals surface area (Å²) in [5.41, 5.74) is 2.16. The van der Waals surface area contributed by atoms with Gasteiger partial charge in [-0.2, -0.15) is 5.10 Å². The molecule has 2 heterocycles. The number of hydrogen-bond acceptors (Lipinski definition) is 5. The van der Waals surface area contributed by atoms with Crippen molar-refractivity contribution >= 4 is 11.8 Å². The van der Waals surface area contributed by atoms with E-state index in [1.54, 1.807) is 22.0 Å². The van der Waals surface area contributed by atoms with Crippen molar-refractivity contribution in [2.24, 2.45) is 11.8 Å². The van der Waals surface area contributed by atoms with Crippen LogP contribution in [-0.2, 0) is 16.1 Å². The van der Waals surface area contributed by atoms with Crippen molar-refractivity contribution < 1.29 is 14.3 Å². The number of amides is 2. The SMILES string of the molecule is CCn1cc(OCC(=O)N2CCC(C(=O)NN)CC2)cn1. The molecule has 0 bridgehead atoms. The minimum Gasteiger partial charge on any atom is -0.480 e. The van der Waals surface area contributed by atoms with Crippen LogP contribution in [0, 0.1) is 5.92 Å². The molecule has 8 nitrogen and oxygen atoms in total. The monoisotopic (exact) mass is 295 g/mol. The van der Waals surface area contributed by atoms with E-state index < -0.39 is 0 Å². The number of rotatable bonds is 5. The summed E-state index contributed by atoms with van der Waals surface area (Å²) in [5, 5.41) is 4.07. The lowest BCUT2D eigenvalue weighted by Crippen LogP contribution is -2.45. The van der Waals surface area contributed by atoms with E-state index in [1.165, 1.54) is 0 Å².